The van der Waals surface area contributed by atoms with Gasteiger partial charge in [0.15, 0.2) is 5.11 Å². The first kappa shape index (κ1) is 17.6. The van der Waals surface area contributed by atoms with Gasteiger partial charge >= 0.3 is 0 Å². The highest BCUT2D eigenvalue weighted by Gasteiger charge is 2.10. The number of benzene rings is 2. The zero-order valence-electron chi connectivity index (χ0n) is 14.4. The van der Waals surface area contributed by atoms with Gasteiger partial charge in [0.05, 0.1) is 16.3 Å². The number of nitrogens with zero attached hydrogens (tertiary/aromatic N) is 2. The van der Waals surface area contributed by atoms with Gasteiger partial charge < -0.3 is 15.2 Å². The lowest BCUT2D eigenvalue weighted by Crippen LogP contribution is -2.20. The normalized spacial score (nSPS) is 10.4. The van der Waals surface area contributed by atoms with E-state index in [1.165, 1.54) is 12.1 Å². The molecule has 132 valence electrons. The zero-order chi connectivity index (χ0) is 18.7. The van der Waals surface area contributed by atoms with E-state index in [1.54, 1.807) is 12.1 Å². The Bertz CT molecular complexity index is 944. The van der Waals surface area contributed by atoms with Crippen LogP contribution in [-0.4, -0.2) is 14.6 Å². The van der Waals surface area contributed by atoms with E-state index < -0.39 is 4.92 Å². The molecule has 6 nitrogen and oxygen atoms in total. The summed E-state index contributed by atoms with van der Waals surface area (Å²) in [4.78, 5) is 10.3. The van der Waals surface area contributed by atoms with E-state index in [-0.39, 0.29) is 5.69 Å². The van der Waals surface area contributed by atoms with Gasteiger partial charge in [-0.1, -0.05) is 12.1 Å². The van der Waals surface area contributed by atoms with Crippen molar-refractivity contribution in [2.24, 2.45) is 0 Å². The molecule has 0 saturated carbocycles. The largest absolute Gasteiger partial charge is 0.332 e. The summed E-state index contributed by atoms with van der Waals surface area (Å²) in [6.45, 7) is 4.11. The van der Waals surface area contributed by atoms with Gasteiger partial charge in [0.2, 0.25) is 0 Å². The minimum Gasteiger partial charge on any atom is -0.332 e. The van der Waals surface area contributed by atoms with Crippen molar-refractivity contribution in [2.75, 3.05) is 10.6 Å². The van der Waals surface area contributed by atoms with Gasteiger partial charge in [-0.25, -0.2) is 0 Å². The minimum absolute atomic E-state index is 0.0401. The number of thiocarbonyl (C=S) groups is 1. The van der Waals surface area contributed by atoms with Gasteiger partial charge in [-0.3, -0.25) is 10.1 Å². The van der Waals surface area contributed by atoms with Crippen molar-refractivity contribution < 1.29 is 4.92 Å². The number of aryl methyl sites for hydroxylation is 2. The summed E-state index contributed by atoms with van der Waals surface area (Å²) in [7, 11) is 0. The second kappa shape index (κ2) is 7.37. The molecule has 0 spiro atoms. The molecule has 0 atom stereocenters. The van der Waals surface area contributed by atoms with Crippen LogP contribution in [0.25, 0.3) is 5.69 Å². The predicted molar refractivity (Wildman–Crippen MR) is 108 cm³/mol. The fourth-order valence-corrected chi connectivity index (χ4v) is 3.00. The summed E-state index contributed by atoms with van der Waals surface area (Å²) >= 11 is 5.39. The molecule has 0 radical (unpaired) electrons. The molecule has 0 amide bonds. The number of aromatic nitrogens is 1. The van der Waals surface area contributed by atoms with Gasteiger partial charge in [0.25, 0.3) is 5.69 Å². The maximum atomic E-state index is 10.7. The summed E-state index contributed by atoms with van der Waals surface area (Å²) in [5.41, 5.74) is 4.85. The van der Waals surface area contributed by atoms with Crippen molar-refractivity contribution in [3.63, 3.8) is 0 Å². The Morgan fingerprint density at radius 3 is 2.19 bits per heavy atom. The Labute approximate surface area is 156 Å². The van der Waals surface area contributed by atoms with Crippen molar-refractivity contribution in [1.29, 1.82) is 0 Å². The number of hydrogen-bond donors (Lipinski definition) is 2. The van der Waals surface area contributed by atoms with Gasteiger partial charge in [-0.15, -0.1) is 0 Å². The third-order valence-electron chi connectivity index (χ3n) is 4.00. The maximum Gasteiger partial charge on any atom is 0.269 e. The molecule has 0 bridgehead atoms. The SMILES string of the molecule is Cc1ccc(C)n1-c1ccccc1NC(=S)Nc1ccc([N+](=O)[O-])cc1. The van der Waals surface area contributed by atoms with Crippen molar-refractivity contribution in [3.05, 3.63) is 82.2 Å². The van der Waals surface area contributed by atoms with Crippen molar-refractivity contribution in [3.8, 4) is 5.69 Å². The predicted octanol–water partition coefficient (Wildman–Crippen LogP) is 4.81. The lowest BCUT2D eigenvalue weighted by atomic mass is 10.2. The van der Waals surface area contributed by atoms with Crippen LogP contribution >= 0.6 is 12.2 Å². The molecule has 2 N–H and O–H groups in total. The van der Waals surface area contributed by atoms with Gasteiger partial charge in [0.1, 0.15) is 0 Å². The third-order valence-corrected chi connectivity index (χ3v) is 4.20. The molecule has 0 fully saturated rings. The van der Waals surface area contributed by atoms with Crippen LogP contribution in [0.5, 0.6) is 0 Å². The molecule has 3 rings (SSSR count). The molecule has 3 aromatic rings. The van der Waals surface area contributed by atoms with Crippen molar-refractivity contribution >= 4 is 34.4 Å². The summed E-state index contributed by atoms with van der Waals surface area (Å²) in [6, 6.07) is 18.2. The Hall–Kier alpha value is -3.19. The van der Waals surface area contributed by atoms with Gasteiger partial charge in [-0.05, 0) is 62.5 Å². The molecule has 0 aliphatic rings. The van der Waals surface area contributed by atoms with Crippen LogP contribution in [0.1, 0.15) is 11.4 Å². The first-order chi connectivity index (χ1) is 12.5. The summed E-state index contributed by atoms with van der Waals surface area (Å²) < 4.78 is 2.15. The number of para-hydroxylation sites is 2. The molecule has 7 heteroatoms. The van der Waals surface area contributed by atoms with Crippen LogP contribution in [0, 0.1) is 24.0 Å². The second-order valence-corrected chi connectivity index (χ2v) is 6.26. The lowest BCUT2D eigenvalue weighted by molar-refractivity contribution is -0.384. The number of non-ortho nitro benzene ring substituents is 1. The number of nitro groups is 1. The maximum absolute atomic E-state index is 10.7. The summed E-state index contributed by atoms with van der Waals surface area (Å²) in [5.74, 6) is 0. The molecule has 1 heterocycles. The first-order valence-electron chi connectivity index (χ1n) is 8.02. The number of hydrogen-bond acceptors (Lipinski definition) is 3. The number of nitrogens with one attached hydrogen (secondary N) is 2. The lowest BCUT2D eigenvalue weighted by Gasteiger charge is -2.17. The van der Waals surface area contributed by atoms with E-state index in [4.69, 9.17) is 12.2 Å². The Morgan fingerprint density at radius 2 is 1.58 bits per heavy atom. The van der Waals surface area contributed by atoms with Crippen LogP contribution in [0.2, 0.25) is 0 Å². The van der Waals surface area contributed by atoms with Gasteiger partial charge in [0, 0.05) is 29.2 Å². The summed E-state index contributed by atoms with van der Waals surface area (Å²) in [5, 5.41) is 17.4. The van der Waals surface area contributed by atoms with Crippen molar-refractivity contribution in [2.45, 2.75) is 13.8 Å². The quantitative estimate of drug-likeness (QED) is 0.394. The van der Waals surface area contributed by atoms with Crippen LogP contribution in [0.15, 0.2) is 60.7 Å². The topological polar surface area (TPSA) is 72.1 Å². The highest BCUT2D eigenvalue weighted by atomic mass is 32.1. The van der Waals surface area contributed by atoms with E-state index in [0.29, 0.717) is 10.8 Å². The Morgan fingerprint density at radius 1 is 0.962 bits per heavy atom. The van der Waals surface area contributed by atoms with E-state index in [2.05, 4.69) is 41.2 Å². The molecular formula is C19H18N4O2S. The molecule has 0 aliphatic carbocycles. The van der Waals surface area contributed by atoms with E-state index in [0.717, 1.165) is 22.8 Å². The fraction of sp³-hybridized carbons (Fsp3) is 0.105. The van der Waals surface area contributed by atoms with Crippen molar-refractivity contribution in [1.82, 2.24) is 4.57 Å². The Kier molecular flexibility index (Phi) is 4.99. The number of anilines is 2. The Balaban J connectivity index is 1.79. The first-order valence-corrected chi connectivity index (χ1v) is 8.43. The monoisotopic (exact) mass is 366 g/mol. The van der Waals surface area contributed by atoms with Crippen LogP contribution in [0.4, 0.5) is 17.1 Å². The van der Waals surface area contributed by atoms with E-state index in [9.17, 15) is 10.1 Å². The van der Waals surface area contributed by atoms with Crippen LogP contribution in [0.3, 0.4) is 0 Å². The molecule has 0 aliphatic heterocycles. The zero-order valence-corrected chi connectivity index (χ0v) is 15.2. The number of nitro benzene ring substituents is 1. The minimum atomic E-state index is -0.432. The van der Waals surface area contributed by atoms with E-state index in [1.807, 2.05) is 24.3 Å². The molecule has 2 aromatic carbocycles. The highest BCUT2D eigenvalue weighted by Crippen LogP contribution is 2.24. The number of rotatable bonds is 4. The third kappa shape index (κ3) is 3.73. The highest BCUT2D eigenvalue weighted by molar-refractivity contribution is 7.80. The molecule has 0 unspecified atom stereocenters. The van der Waals surface area contributed by atoms with Crippen LogP contribution in [-0.2, 0) is 0 Å². The average molecular weight is 366 g/mol. The standard InChI is InChI=1S/C19H18N4O2S/c1-13-7-8-14(2)22(13)18-6-4-3-5-17(18)21-19(26)20-15-9-11-16(12-10-15)23(24)25/h3-12H,1-2H3,(H2,20,21,26). The smallest absolute Gasteiger partial charge is 0.269 e. The molecule has 0 saturated heterocycles. The molecular weight excluding hydrogens is 348 g/mol. The molecule has 26 heavy (non-hydrogen) atoms. The molecule has 1 aromatic heterocycles. The average Bonchev–Trinajstić information content (AvgIpc) is 2.94. The fourth-order valence-electron chi connectivity index (χ4n) is 2.77. The van der Waals surface area contributed by atoms with Crippen LogP contribution < -0.4 is 10.6 Å². The summed E-state index contributed by atoms with van der Waals surface area (Å²) in [6.07, 6.45) is 0. The van der Waals surface area contributed by atoms with Gasteiger partial charge in [-0.2, -0.15) is 0 Å². The second-order valence-electron chi connectivity index (χ2n) is 5.85. The van der Waals surface area contributed by atoms with E-state index >= 15 is 0 Å².